The molecule has 0 aliphatic heterocycles. The predicted octanol–water partition coefficient (Wildman–Crippen LogP) is 4.67. The summed E-state index contributed by atoms with van der Waals surface area (Å²) in [7, 11) is 4.25. The summed E-state index contributed by atoms with van der Waals surface area (Å²) in [5.74, 6) is 0. The summed E-state index contributed by atoms with van der Waals surface area (Å²) >= 11 is 8.82. The van der Waals surface area contributed by atoms with Gasteiger partial charge in [0.1, 0.15) is 0 Å². The lowest BCUT2D eigenvalue weighted by molar-refractivity contribution is 0.288. The van der Waals surface area contributed by atoms with Gasteiger partial charge in [-0.25, -0.2) is 0 Å². The van der Waals surface area contributed by atoms with E-state index in [1.54, 1.807) is 11.3 Å². The van der Waals surface area contributed by atoms with E-state index in [1.165, 1.54) is 10.4 Å². The van der Waals surface area contributed by atoms with E-state index in [0.717, 1.165) is 21.3 Å². The Kier molecular flexibility index (Phi) is 6.23. The van der Waals surface area contributed by atoms with E-state index in [9.17, 15) is 0 Å². The molecule has 0 amide bonds. The monoisotopic (exact) mass is 416 g/mol. The summed E-state index contributed by atoms with van der Waals surface area (Å²) in [6.45, 7) is 1.83. The van der Waals surface area contributed by atoms with Crippen LogP contribution in [0.2, 0.25) is 0 Å². The molecule has 0 aliphatic carbocycles. The molecule has 0 fully saturated rings. The minimum absolute atomic E-state index is 0.392. The molecule has 1 unspecified atom stereocenters. The van der Waals surface area contributed by atoms with Crippen LogP contribution < -0.4 is 5.32 Å². The van der Waals surface area contributed by atoms with Crippen LogP contribution in [0.1, 0.15) is 16.5 Å². The smallest absolute Gasteiger partial charge is 0.0843 e. The van der Waals surface area contributed by atoms with Crippen molar-refractivity contribution in [3.63, 3.8) is 0 Å². The molecule has 0 aliphatic rings. The molecular weight excluding hydrogens is 400 g/mol. The van der Waals surface area contributed by atoms with E-state index >= 15 is 0 Å². The third-order valence-electron chi connectivity index (χ3n) is 3.14. The fraction of sp³-hybridized carbons (Fsp3) is 0.333. The second kappa shape index (κ2) is 7.71. The summed E-state index contributed by atoms with van der Waals surface area (Å²) in [5, 5.41) is 3.55. The number of hydrogen-bond donors (Lipinski definition) is 1. The van der Waals surface area contributed by atoms with Crippen LogP contribution in [-0.4, -0.2) is 25.5 Å². The average Bonchev–Trinajstić information content (AvgIpc) is 2.74. The number of rotatable bonds is 6. The molecule has 0 saturated heterocycles. The largest absolute Gasteiger partial charge is 0.310 e. The lowest BCUT2D eigenvalue weighted by Gasteiger charge is -2.25. The fourth-order valence-corrected chi connectivity index (χ4v) is 4.23. The molecule has 108 valence electrons. The highest BCUT2D eigenvalue weighted by molar-refractivity contribution is 9.13. The zero-order valence-corrected chi connectivity index (χ0v) is 15.6. The maximum Gasteiger partial charge on any atom is 0.0843 e. The third kappa shape index (κ3) is 4.40. The van der Waals surface area contributed by atoms with Crippen molar-refractivity contribution in [1.82, 2.24) is 10.2 Å². The Hall–Kier alpha value is -0.200. The number of halogens is 2. The molecule has 0 spiro atoms. The molecule has 2 nitrogen and oxygen atoms in total. The molecule has 0 saturated carbocycles. The van der Waals surface area contributed by atoms with Gasteiger partial charge in [0.25, 0.3) is 0 Å². The predicted molar refractivity (Wildman–Crippen MR) is 94.3 cm³/mol. The van der Waals surface area contributed by atoms with Gasteiger partial charge >= 0.3 is 0 Å². The van der Waals surface area contributed by atoms with Gasteiger partial charge in [-0.05, 0) is 57.6 Å². The van der Waals surface area contributed by atoms with Gasteiger partial charge in [-0.2, -0.15) is 0 Å². The molecule has 1 heterocycles. The molecule has 5 heteroatoms. The summed E-state index contributed by atoms with van der Waals surface area (Å²) in [4.78, 5) is 3.58. The Labute approximate surface area is 141 Å². The lowest BCUT2D eigenvalue weighted by Crippen LogP contribution is -2.30. The molecule has 2 rings (SSSR count). The molecular formula is C15H18Br2N2S. The van der Waals surface area contributed by atoms with E-state index in [0.29, 0.717) is 6.04 Å². The maximum absolute atomic E-state index is 3.55. The van der Waals surface area contributed by atoms with Crippen LogP contribution in [0.4, 0.5) is 0 Å². The quantitative estimate of drug-likeness (QED) is 0.734. The first-order valence-electron chi connectivity index (χ1n) is 6.43. The Bertz CT molecular complexity index is 521. The van der Waals surface area contributed by atoms with Gasteiger partial charge in [0.15, 0.2) is 0 Å². The lowest BCUT2D eigenvalue weighted by atomic mass is 10.1. The van der Waals surface area contributed by atoms with Crippen molar-refractivity contribution in [2.45, 2.75) is 12.6 Å². The second-order valence-electron chi connectivity index (χ2n) is 4.86. The molecule has 2 aromatic rings. The van der Waals surface area contributed by atoms with E-state index in [-0.39, 0.29) is 0 Å². The van der Waals surface area contributed by atoms with Gasteiger partial charge in [-0.15, -0.1) is 11.3 Å². The topological polar surface area (TPSA) is 15.3 Å². The standard InChI is InChI=1S/C15H18Br2N2S/c1-19(2)14(11-6-4-3-5-7-11)10-18-9-12-8-13(16)15(17)20-12/h3-8,14,18H,9-10H2,1-2H3. The number of benzene rings is 1. The summed E-state index contributed by atoms with van der Waals surface area (Å²) in [6, 6.07) is 13.2. The van der Waals surface area contributed by atoms with Crippen LogP contribution in [0.3, 0.4) is 0 Å². The molecule has 1 N–H and O–H groups in total. The van der Waals surface area contributed by atoms with E-state index in [1.807, 2.05) is 0 Å². The van der Waals surface area contributed by atoms with Gasteiger partial charge in [0.05, 0.1) is 3.79 Å². The fourth-order valence-electron chi connectivity index (χ4n) is 2.08. The van der Waals surface area contributed by atoms with E-state index < -0.39 is 0 Å². The Morgan fingerprint density at radius 2 is 1.90 bits per heavy atom. The van der Waals surface area contributed by atoms with Crippen molar-refractivity contribution < 1.29 is 0 Å². The van der Waals surface area contributed by atoms with Crippen molar-refractivity contribution in [3.8, 4) is 0 Å². The average molecular weight is 418 g/mol. The van der Waals surface area contributed by atoms with Crippen molar-refractivity contribution in [2.75, 3.05) is 20.6 Å². The normalized spacial score (nSPS) is 12.8. The number of nitrogens with zero attached hydrogens (tertiary/aromatic N) is 1. The van der Waals surface area contributed by atoms with Gasteiger partial charge < -0.3 is 10.2 Å². The zero-order chi connectivity index (χ0) is 14.5. The number of likely N-dealkylation sites (N-methyl/N-ethyl adjacent to an activating group) is 1. The highest BCUT2D eigenvalue weighted by Crippen LogP contribution is 2.32. The molecule has 1 aromatic heterocycles. The second-order valence-corrected chi connectivity index (χ2v) is 8.16. The van der Waals surface area contributed by atoms with Crippen LogP contribution >= 0.6 is 43.2 Å². The van der Waals surface area contributed by atoms with Gasteiger partial charge in [0, 0.05) is 28.5 Å². The maximum atomic E-state index is 3.55. The first kappa shape index (κ1) is 16.2. The van der Waals surface area contributed by atoms with Gasteiger partial charge in [-0.3, -0.25) is 0 Å². The molecule has 1 aromatic carbocycles. The Morgan fingerprint density at radius 1 is 1.20 bits per heavy atom. The van der Waals surface area contributed by atoms with E-state index in [2.05, 4.69) is 92.6 Å². The van der Waals surface area contributed by atoms with Crippen LogP contribution in [-0.2, 0) is 6.54 Å². The van der Waals surface area contributed by atoms with E-state index in [4.69, 9.17) is 0 Å². The molecule has 0 radical (unpaired) electrons. The molecule has 20 heavy (non-hydrogen) atoms. The first-order valence-corrected chi connectivity index (χ1v) is 8.84. The summed E-state index contributed by atoms with van der Waals surface area (Å²) < 4.78 is 2.29. The van der Waals surface area contributed by atoms with Gasteiger partial charge in [0.2, 0.25) is 0 Å². The van der Waals surface area contributed by atoms with Gasteiger partial charge in [-0.1, -0.05) is 30.3 Å². The van der Waals surface area contributed by atoms with Crippen LogP contribution in [0.5, 0.6) is 0 Å². The van der Waals surface area contributed by atoms with Crippen molar-refractivity contribution in [1.29, 1.82) is 0 Å². The van der Waals surface area contributed by atoms with Crippen molar-refractivity contribution in [3.05, 3.63) is 55.1 Å². The Morgan fingerprint density at radius 3 is 2.45 bits per heavy atom. The number of nitrogens with one attached hydrogen (secondary N) is 1. The Balaban J connectivity index is 1.93. The van der Waals surface area contributed by atoms with Crippen molar-refractivity contribution >= 4 is 43.2 Å². The first-order chi connectivity index (χ1) is 9.58. The zero-order valence-electron chi connectivity index (χ0n) is 11.6. The van der Waals surface area contributed by atoms with Crippen LogP contribution in [0.15, 0.2) is 44.7 Å². The van der Waals surface area contributed by atoms with Crippen LogP contribution in [0.25, 0.3) is 0 Å². The summed E-state index contributed by atoms with van der Waals surface area (Å²) in [5.41, 5.74) is 1.35. The van der Waals surface area contributed by atoms with Crippen LogP contribution in [0, 0.1) is 0 Å². The number of hydrogen-bond acceptors (Lipinski definition) is 3. The van der Waals surface area contributed by atoms with Crippen molar-refractivity contribution in [2.24, 2.45) is 0 Å². The number of thiophene rings is 1. The molecule has 1 atom stereocenters. The highest BCUT2D eigenvalue weighted by Gasteiger charge is 2.13. The SMILES string of the molecule is CN(C)C(CNCc1cc(Br)c(Br)s1)c1ccccc1. The highest BCUT2D eigenvalue weighted by atomic mass is 79.9. The minimum atomic E-state index is 0.392. The minimum Gasteiger partial charge on any atom is -0.310 e. The molecule has 0 bridgehead atoms. The summed E-state index contributed by atoms with van der Waals surface area (Å²) in [6.07, 6.45) is 0. The third-order valence-corrected chi connectivity index (χ3v) is 6.40.